The molecule has 0 spiro atoms. The van der Waals surface area contributed by atoms with Gasteiger partial charge in [-0.25, -0.2) is 4.79 Å². The van der Waals surface area contributed by atoms with Crippen molar-refractivity contribution in [3.8, 4) is 11.5 Å². The fourth-order valence-corrected chi connectivity index (χ4v) is 4.04. The Kier molecular flexibility index (Phi) is 6.27. The zero-order chi connectivity index (χ0) is 22.8. The van der Waals surface area contributed by atoms with Gasteiger partial charge in [-0.15, -0.1) is 11.3 Å². The number of benzene rings is 1. The lowest BCUT2D eigenvalue weighted by molar-refractivity contribution is -0.287. The second-order valence-electron chi connectivity index (χ2n) is 6.67. The number of halogens is 3. The highest BCUT2D eigenvalue weighted by Gasteiger charge is 2.66. The summed E-state index contributed by atoms with van der Waals surface area (Å²) in [6.07, 6.45) is -3.82. The zero-order valence-electron chi connectivity index (χ0n) is 16.2. The van der Waals surface area contributed by atoms with E-state index >= 15 is 0 Å². The first-order valence-corrected chi connectivity index (χ1v) is 9.87. The Bertz CT molecular complexity index is 980. The summed E-state index contributed by atoms with van der Waals surface area (Å²) in [6.45, 7) is 3.69. The molecule has 3 rings (SSSR count). The van der Waals surface area contributed by atoms with Crippen LogP contribution in [0.5, 0.6) is 11.5 Å². The molecule has 0 saturated carbocycles. The number of aliphatic hydroxyl groups is 1. The van der Waals surface area contributed by atoms with Crippen LogP contribution < -0.4 is 20.1 Å². The zero-order valence-corrected chi connectivity index (χ0v) is 17.0. The van der Waals surface area contributed by atoms with Crippen LogP contribution in [-0.2, 0) is 0 Å². The second-order valence-corrected chi connectivity index (χ2v) is 7.62. The van der Waals surface area contributed by atoms with Gasteiger partial charge in [0, 0.05) is 0 Å². The molecule has 7 nitrogen and oxygen atoms in total. The van der Waals surface area contributed by atoms with E-state index in [1.165, 1.54) is 54.2 Å². The summed E-state index contributed by atoms with van der Waals surface area (Å²) in [6, 6.07) is 4.25. The van der Waals surface area contributed by atoms with Gasteiger partial charge in [0.25, 0.3) is 0 Å². The van der Waals surface area contributed by atoms with Crippen molar-refractivity contribution in [2.45, 2.75) is 17.9 Å². The van der Waals surface area contributed by atoms with E-state index in [1.807, 2.05) is 0 Å². The number of ether oxygens (including phenoxy) is 2. The lowest BCUT2D eigenvalue weighted by atomic mass is 9.78. The summed E-state index contributed by atoms with van der Waals surface area (Å²) in [5.74, 6) is -2.62. The Morgan fingerprint density at radius 2 is 2.10 bits per heavy atom. The van der Waals surface area contributed by atoms with Crippen LogP contribution in [0.2, 0.25) is 0 Å². The molecule has 1 saturated heterocycles. The van der Waals surface area contributed by atoms with Crippen LogP contribution in [0.15, 0.2) is 48.4 Å². The van der Waals surface area contributed by atoms with Gasteiger partial charge in [0.2, 0.25) is 5.72 Å². The number of carbonyl (C=O) groups is 2. The SMILES string of the molecule is C=CCOc1ccc([C@H]2NC(=O)N[C@@](O)(C(F)(F)F)[C@H]2C(=O)c2cccs2)cc1OC. The molecule has 1 aliphatic rings. The molecular weight excluding hydrogens is 437 g/mol. The number of amides is 2. The van der Waals surface area contributed by atoms with Gasteiger partial charge in [-0.1, -0.05) is 24.8 Å². The van der Waals surface area contributed by atoms with Gasteiger partial charge in [0.05, 0.1) is 18.0 Å². The van der Waals surface area contributed by atoms with Crippen molar-refractivity contribution in [3.05, 3.63) is 58.8 Å². The largest absolute Gasteiger partial charge is 0.493 e. The quantitative estimate of drug-likeness (QED) is 0.438. The summed E-state index contributed by atoms with van der Waals surface area (Å²) in [7, 11) is 1.33. The molecule has 2 amide bonds. The Balaban J connectivity index is 2.12. The monoisotopic (exact) mass is 456 g/mol. The first-order chi connectivity index (χ1) is 14.6. The fourth-order valence-electron chi connectivity index (χ4n) is 3.33. The molecule has 31 heavy (non-hydrogen) atoms. The van der Waals surface area contributed by atoms with Gasteiger partial charge in [0.1, 0.15) is 12.5 Å². The summed E-state index contributed by atoms with van der Waals surface area (Å²) in [5, 5.41) is 15.9. The van der Waals surface area contributed by atoms with Gasteiger partial charge in [-0.3, -0.25) is 4.79 Å². The van der Waals surface area contributed by atoms with Crippen molar-refractivity contribution in [1.29, 1.82) is 0 Å². The topological polar surface area (TPSA) is 96.9 Å². The molecule has 2 aromatic rings. The van der Waals surface area contributed by atoms with Crippen molar-refractivity contribution in [2.24, 2.45) is 5.92 Å². The van der Waals surface area contributed by atoms with Crippen molar-refractivity contribution in [2.75, 3.05) is 13.7 Å². The van der Waals surface area contributed by atoms with Crippen molar-refractivity contribution >= 4 is 23.2 Å². The third kappa shape index (κ3) is 4.23. The van der Waals surface area contributed by atoms with Crippen molar-refractivity contribution in [1.82, 2.24) is 10.6 Å². The van der Waals surface area contributed by atoms with Crippen LogP contribution in [0.1, 0.15) is 21.3 Å². The number of Topliss-reactive ketones (excluding diaryl/α,β-unsaturated/α-hetero) is 1. The Labute approximate surface area is 179 Å². The predicted octanol–water partition coefficient (Wildman–Crippen LogP) is 3.43. The van der Waals surface area contributed by atoms with Crippen molar-refractivity contribution in [3.63, 3.8) is 0 Å². The highest BCUT2D eigenvalue weighted by molar-refractivity contribution is 7.12. The summed E-state index contributed by atoms with van der Waals surface area (Å²) >= 11 is 0.931. The molecule has 1 aromatic carbocycles. The second kappa shape index (κ2) is 8.60. The molecular formula is C20H19F3N2O5S. The van der Waals surface area contributed by atoms with Gasteiger partial charge >= 0.3 is 12.2 Å². The minimum Gasteiger partial charge on any atom is -0.493 e. The van der Waals surface area contributed by atoms with Gasteiger partial charge in [-0.05, 0) is 29.1 Å². The van der Waals surface area contributed by atoms with E-state index in [-0.39, 0.29) is 22.8 Å². The number of ketones is 1. The van der Waals surface area contributed by atoms with Crippen LogP contribution in [0.4, 0.5) is 18.0 Å². The smallest absolute Gasteiger partial charge is 0.437 e. The minimum atomic E-state index is -5.32. The Morgan fingerprint density at radius 3 is 2.68 bits per heavy atom. The molecule has 0 bridgehead atoms. The van der Waals surface area contributed by atoms with Crippen LogP contribution in [0, 0.1) is 5.92 Å². The summed E-state index contributed by atoms with van der Waals surface area (Å²) in [4.78, 5) is 25.1. The molecule has 0 aliphatic carbocycles. The summed E-state index contributed by atoms with van der Waals surface area (Å²) in [5.41, 5.74) is -3.66. The van der Waals surface area contributed by atoms with Gasteiger partial charge in [-0.2, -0.15) is 13.2 Å². The lowest BCUT2D eigenvalue weighted by Crippen LogP contribution is -2.72. The molecule has 1 aliphatic heterocycles. The average Bonchev–Trinajstić information content (AvgIpc) is 3.25. The van der Waals surface area contributed by atoms with Crippen LogP contribution >= 0.6 is 11.3 Å². The molecule has 2 heterocycles. The minimum absolute atomic E-state index is 0.00789. The first-order valence-electron chi connectivity index (χ1n) is 8.99. The molecule has 3 atom stereocenters. The van der Waals surface area contributed by atoms with Crippen molar-refractivity contribution < 1.29 is 37.3 Å². The third-order valence-electron chi connectivity index (χ3n) is 4.76. The number of alkyl halides is 3. The van der Waals surface area contributed by atoms with Gasteiger partial charge in [0.15, 0.2) is 17.3 Å². The number of rotatable bonds is 7. The normalized spacial score (nSPS) is 23.5. The van der Waals surface area contributed by atoms with E-state index in [2.05, 4.69) is 11.9 Å². The van der Waals surface area contributed by atoms with Crippen LogP contribution in [0.3, 0.4) is 0 Å². The van der Waals surface area contributed by atoms with Crippen LogP contribution in [0.25, 0.3) is 0 Å². The number of nitrogens with one attached hydrogen (secondary N) is 2. The molecule has 3 N–H and O–H groups in total. The highest BCUT2D eigenvalue weighted by Crippen LogP contribution is 2.45. The summed E-state index contributed by atoms with van der Waals surface area (Å²) < 4.78 is 52.3. The van der Waals surface area contributed by atoms with E-state index in [0.29, 0.717) is 5.75 Å². The molecule has 1 fully saturated rings. The number of hydrogen-bond donors (Lipinski definition) is 3. The number of urea groups is 1. The maximum atomic E-state index is 13.9. The van der Waals surface area contributed by atoms with Crippen LogP contribution in [-0.4, -0.2) is 42.5 Å². The number of thiophene rings is 1. The third-order valence-corrected chi connectivity index (χ3v) is 5.64. The highest BCUT2D eigenvalue weighted by atomic mass is 32.1. The molecule has 0 unspecified atom stereocenters. The Hall–Kier alpha value is -3.05. The maximum absolute atomic E-state index is 13.9. The van der Waals surface area contributed by atoms with E-state index in [1.54, 1.807) is 0 Å². The molecule has 166 valence electrons. The fraction of sp³-hybridized carbons (Fsp3) is 0.300. The number of methoxy groups -OCH3 is 1. The van der Waals surface area contributed by atoms with E-state index in [4.69, 9.17) is 9.47 Å². The number of carbonyl (C=O) groups excluding carboxylic acids is 2. The molecule has 1 aromatic heterocycles. The predicted molar refractivity (Wildman–Crippen MR) is 106 cm³/mol. The average molecular weight is 456 g/mol. The Morgan fingerprint density at radius 1 is 1.35 bits per heavy atom. The van der Waals surface area contributed by atoms with E-state index < -0.39 is 35.7 Å². The lowest BCUT2D eigenvalue weighted by Gasteiger charge is -2.44. The molecule has 11 heteroatoms. The first kappa shape index (κ1) is 22.6. The number of hydrogen-bond acceptors (Lipinski definition) is 6. The van der Waals surface area contributed by atoms with E-state index in [9.17, 15) is 27.9 Å². The standard InChI is InChI=1S/C20H19F3N2O5S/c1-3-8-30-12-7-6-11(10-13(12)29-2)16-15(17(26)14-5-4-9-31-14)19(28,20(21,22)23)25-18(27)24-16/h3-7,9-10,15-16,28H,1,8H2,2H3,(H2,24,25,27)/t15-,16-,19+/m1/s1. The maximum Gasteiger partial charge on any atom is 0.437 e. The van der Waals surface area contributed by atoms with Gasteiger partial charge < -0.3 is 25.2 Å². The molecule has 0 radical (unpaired) electrons. The van der Waals surface area contributed by atoms with E-state index in [0.717, 1.165) is 11.3 Å².